The third-order valence-electron chi connectivity index (χ3n) is 5.59. The largest absolute Gasteiger partial charge is 0.286 e. The van der Waals surface area contributed by atoms with Gasteiger partial charge in [-0.3, -0.25) is 9.80 Å². The summed E-state index contributed by atoms with van der Waals surface area (Å²) in [5.74, 6) is 1.14. The lowest BCUT2D eigenvalue weighted by Gasteiger charge is -2.39. The van der Waals surface area contributed by atoms with Crippen molar-refractivity contribution in [2.45, 2.75) is 70.8 Å². The monoisotopic (exact) mass is 268 g/mol. The minimum Gasteiger partial charge on any atom is -0.286 e. The zero-order chi connectivity index (χ0) is 13.4. The highest BCUT2D eigenvalue weighted by atomic mass is 19.1. The highest BCUT2D eigenvalue weighted by Crippen LogP contribution is 2.34. The molecule has 3 fully saturated rings. The second-order valence-electron chi connectivity index (χ2n) is 7.22. The molecular weight excluding hydrogens is 239 g/mol. The number of fused-ring (bicyclic) bond motifs is 1. The van der Waals surface area contributed by atoms with E-state index in [0.29, 0.717) is 18.1 Å². The number of hydrogen-bond acceptors (Lipinski definition) is 2. The Morgan fingerprint density at radius 2 is 1.79 bits per heavy atom. The van der Waals surface area contributed by atoms with Gasteiger partial charge in [0.2, 0.25) is 0 Å². The molecule has 0 bridgehead atoms. The van der Waals surface area contributed by atoms with Crippen LogP contribution in [-0.4, -0.2) is 47.8 Å². The van der Waals surface area contributed by atoms with Gasteiger partial charge in [0.15, 0.2) is 0 Å². The topological polar surface area (TPSA) is 6.48 Å². The Morgan fingerprint density at radius 3 is 2.58 bits per heavy atom. The van der Waals surface area contributed by atoms with Crippen molar-refractivity contribution in [2.24, 2.45) is 11.8 Å². The van der Waals surface area contributed by atoms with Crippen LogP contribution in [0, 0.1) is 11.8 Å². The van der Waals surface area contributed by atoms with Gasteiger partial charge < -0.3 is 0 Å². The predicted molar refractivity (Wildman–Crippen MR) is 76.8 cm³/mol. The molecule has 2 heterocycles. The Balaban J connectivity index is 1.63. The minimum absolute atomic E-state index is 0.301. The summed E-state index contributed by atoms with van der Waals surface area (Å²) in [7, 11) is 0. The molecule has 110 valence electrons. The number of halogens is 1. The Bertz CT molecular complexity index is 309. The molecule has 19 heavy (non-hydrogen) atoms. The van der Waals surface area contributed by atoms with E-state index < -0.39 is 6.17 Å². The van der Waals surface area contributed by atoms with Gasteiger partial charge in [-0.15, -0.1) is 0 Å². The summed E-state index contributed by atoms with van der Waals surface area (Å²) in [6.45, 7) is 8.13. The van der Waals surface area contributed by atoms with Crippen molar-refractivity contribution in [2.75, 3.05) is 19.6 Å². The molecular formula is C16H29FN2. The van der Waals surface area contributed by atoms with Gasteiger partial charge in [-0.2, -0.15) is 0 Å². The van der Waals surface area contributed by atoms with Crippen LogP contribution in [0.3, 0.4) is 0 Å². The average Bonchev–Trinajstić information content (AvgIpc) is 2.68. The number of piperidine rings is 1. The highest BCUT2D eigenvalue weighted by molar-refractivity contribution is 4.93. The molecule has 2 nitrogen and oxygen atoms in total. The molecule has 2 aliphatic heterocycles. The van der Waals surface area contributed by atoms with Crippen LogP contribution in [0.4, 0.5) is 4.39 Å². The Kier molecular flexibility index (Phi) is 4.14. The fourth-order valence-electron chi connectivity index (χ4n) is 4.48. The van der Waals surface area contributed by atoms with E-state index in [0.717, 1.165) is 31.7 Å². The van der Waals surface area contributed by atoms with Crippen molar-refractivity contribution >= 4 is 0 Å². The van der Waals surface area contributed by atoms with Crippen molar-refractivity contribution in [1.29, 1.82) is 0 Å². The lowest BCUT2D eigenvalue weighted by molar-refractivity contribution is 0.0364. The molecule has 0 aromatic heterocycles. The third-order valence-corrected chi connectivity index (χ3v) is 5.59. The summed E-state index contributed by atoms with van der Waals surface area (Å²) in [5, 5.41) is 0. The van der Waals surface area contributed by atoms with E-state index in [2.05, 4.69) is 23.6 Å². The first-order valence-electron chi connectivity index (χ1n) is 8.29. The normalized spacial score (nSPS) is 45.3. The van der Waals surface area contributed by atoms with Gasteiger partial charge in [0.1, 0.15) is 6.17 Å². The molecule has 0 amide bonds. The number of rotatable bonds is 2. The Hall–Kier alpha value is -0.150. The molecule has 5 atom stereocenters. The van der Waals surface area contributed by atoms with Crippen LogP contribution < -0.4 is 0 Å². The standard InChI is InChI=1S/C16H29FN2/c1-12-7-8-16-18(9-12)10-13(2)19(16)11-14-5-3-4-6-15(14)17/h12-16H,3-11H2,1-2H3. The fourth-order valence-corrected chi connectivity index (χ4v) is 4.48. The van der Waals surface area contributed by atoms with Crippen LogP contribution in [0.15, 0.2) is 0 Å². The van der Waals surface area contributed by atoms with Crippen LogP contribution in [0.25, 0.3) is 0 Å². The van der Waals surface area contributed by atoms with Gasteiger partial charge in [0.25, 0.3) is 0 Å². The smallest absolute Gasteiger partial charge is 0.104 e. The summed E-state index contributed by atoms with van der Waals surface area (Å²) in [6, 6.07) is 0.615. The summed E-state index contributed by atoms with van der Waals surface area (Å²) < 4.78 is 14.1. The van der Waals surface area contributed by atoms with Crippen molar-refractivity contribution in [1.82, 2.24) is 9.80 Å². The maximum absolute atomic E-state index is 14.1. The number of nitrogens with zero attached hydrogens (tertiary/aromatic N) is 2. The minimum atomic E-state index is -0.544. The van der Waals surface area contributed by atoms with Crippen LogP contribution in [0.1, 0.15) is 52.4 Å². The van der Waals surface area contributed by atoms with E-state index in [-0.39, 0.29) is 0 Å². The van der Waals surface area contributed by atoms with Gasteiger partial charge in [-0.1, -0.05) is 19.8 Å². The van der Waals surface area contributed by atoms with Crippen molar-refractivity contribution < 1.29 is 4.39 Å². The Labute approximate surface area is 117 Å². The molecule has 3 rings (SSSR count). The summed E-state index contributed by atoms with van der Waals surface area (Å²) in [6.07, 6.45) is 6.94. The molecule has 0 aromatic carbocycles. The van der Waals surface area contributed by atoms with Gasteiger partial charge >= 0.3 is 0 Å². The number of alkyl halides is 1. The van der Waals surface area contributed by atoms with Crippen molar-refractivity contribution in [3.8, 4) is 0 Å². The molecule has 1 aliphatic carbocycles. The maximum atomic E-state index is 14.1. The first-order chi connectivity index (χ1) is 9.15. The quantitative estimate of drug-likeness (QED) is 0.758. The van der Waals surface area contributed by atoms with Crippen molar-refractivity contribution in [3.05, 3.63) is 0 Å². The third kappa shape index (κ3) is 2.82. The lowest BCUT2D eigenvalue weighted by Crippen LogP contribution is -2.47. The summed E-state index contributed by atoms with van der Waals surface area (Å²) in [4.78, 5) is 5.27. The zero-order valence-corrected chi connectivity index (χ0v) is 12.5. The van der Waals surface area contributed by atoms with Crippen molar-refractivity contribution in [3.63, 3.8) is 0 Å². The SMILES string of the molecule is CC1CCC2N(C1)CC(C)N2CC1CCCCC1F. The van der Waals surface area contributed by atoms with Gasteiger partial charge in [-0.05, 0) is 38.5 Å². The molecule has 0 N–H and O–H groups in total. The lowest BCUT2D eigenvalue weighted by atomic mass is 9.86. The zero-order valence-electron chi connectivity index (χ0n) is 12.5. The van der Waals surface area contributed by atoms with Crippen LogP contribution in [0.2, 0.25) is 0 Å². The highest BCUT2D eigenvalue weighted by Gasteiger charge is 2.41. The van der Waals surface area contributed by atoms with Crippen LogP contribution >= 0.6 is 0 Å². The van der Waals surface area contributed by atoms with E-state index in [4.69, 9.17) is 0 Å². The summed E-state index contributed by atoms with van der Waals surface area (Å²) >= 11 is 0. The molecule has 0 aromatic rings. The van der Waals surface area contributed by atoms with Gasteiger partial charge in [-0.25, -0.2) is 4.39 Å². The Morgan fingerprint density at radius 1 is 1.00 bits per heavy atom. The predicted octanol–water partition coefficient (Wildman–Crippen LogP) is 3.28. The van der Waals surface area contributed by atoms with E-state index in [9.17, 15) is 4.39 Å². The first-order valence-corrected chi connectivity index (χ1v) is 8.29. The molecule has 3 heteroatoms. The van der Waals surface area contributed by atoms with Gasteiger partial charge in [0.05, 0.1) is 6.17 Å². The average molecular weight is 268 g/mol. The molecule has 3 aliphatic rings. The molecule has 1 saturated carbocycles. The van der Waals surface area contributed by atoms with Gasteiger partial charge in [0, 0.05) is 31.6 Å². The second-order valence-corrected chi connectivity index (χ2v) is 7.22. The maximum Gasteiger partial charge on any atom is 0.104 e. The van der Waals surface area contributed by atoms with E-state index in [1.54, 1.807) is 0 Å². The first kappa shape index (κ1) is 13.8. The molecule has 5 unspecified atom stereocenters. The molecule has 2 saturated heterocycles. The van der Waals surface area contributed by atoms with Crippen LogP contribution in [-0.2, 0) is 0 Å². The van der Waals surface area contributed by atoms with Crippen LogP contribution in [0.5, 0.6) is 0 Å². The molecule has 0 radical (unpaired) electrons. The molecule has 0 spiro atoms. The second kappa shape index (κ2) is 5.69. The fraction of sp³-hybridized carbons (Fsp3) is 1.00. The van der Waals surface area contributed by atoms with E-state index >= 15 is 0 Å². The van der Waals surface area contributed by atoms with E-state index in [1.165, 1.54) is 32.4 Å². The summed E-state index contributed by atoms with van der Waals surface area (Å²) in [5.41, 5.74) is 0. The van der Waals surface area contributed by atoms with E-state index in [1.807, 2.05) is 0 Å². The number of hydrogen-bond donors (Lipinski definition) is 0.